The molecule has 3 aromatic rings. The van der Waals surface area contributed by atoms with Gasteiger partial charge in [-0.25, -0.2) is 0 Å². The lowest BCUT2D eigenvalue weighted by Gasteiger charge is -2.46. The van der Waals surface area contributed by atoms with Gasteiger partial charge in [0.2, 0.25) is 5.91 Å². The number of benzene rings is 3. The summed E-state index contributed by atoms with van der Waals surface area (Å²) >= 11 is 0. The van der Waals surface area contributed by atoms with Gasteiger partial charge in [-0.3, -0.25) is 4.79 Å². The van der Waals surface area contributed by atoms with Crippen LogP contribution in [0.2, 0.25) is 0 Å². The number of carbonyl (C=O) groups excluding carboxylic acids is 1. The van der Waals surface area contributed by atoms with E-state index in [9.17, 15) is 31.1 Å². The van der Waals surface area contributed by atoms with Gasteiger partial charge >= 0.3 is 12.4 Å². The number of likely N-dealkylation sites (N-methyl/N-ethyl adjacent to an activating group) is 1. The highest BCUT2D eigenvalue weighted by molar-refractivity contribution is 5.88. The molecule has 1 aliphatic rings. The maximum Gasteiger partial charge on any atom is 0.416 e. The lowest BCUT2D eigenvalue weighted by molar-refractivity contribution is -0.145. The average molecular weight is 549 g/mol. The Kier molecular flexibility index (Phi) is 7.60. The van der Waals surface area contributed by atoms with Crippen LogP contribution in [0.3, 0.4) is 0 Å². The molecule has 0 radical (unpaired) electrons. The summed E-state index contributed by atoms with van der Waals surface area (Å²) < 4.78 is 81.6. The molecule has 1 heterocycles. The first-order valence-electron chi connectivity index (χ1n) is 12.5. The first-order valence-corrected chi connectivity index (χ1v) is 12.5. The minimum Gasteiger partial charge on any atom is -0.337 e. The van der Waals surface area contributed by atoms with Crippen LogP contribution in [-0.2, 0) is 29.0 Å². The Morgan fingerprint density at radius 1 is 0.846 bits per heavy atom. The van der Waals surface area contributed by atoms with Gasteiger partial charge in [-0.05, 0) is 55.2 Å². The second kappa shape index (κ2) is 10.3. The van der Waals surface area contributed by atoms with Crippen molar-refractivity contribution >= 4 is 5.91 Å². The van der Waals surface area contributed by atoms with Crippen molar-refractivity contribution in [2.24, 2.45) is 0 Å². The number of carbonyl (C=O) groups is 1. The van der Waals surface area contributed by atoms with E-state index in [1.165, 1.54) is 18.7 Å². The summed E-state index contributed by atoms with van der Waals surface area (Å²) in [6.45, 7) is 3.70. The summed E-state index contributed by atoms with van der Waals surface area (Å²) in [6.07, 6.45) is -9.58. The van der Waals surface area contributed by atoms with Crippen LogP contribution < -0.4 is 5.32 Å². The number of rotatable bonds is 6. The van der Waals surface area contributed by atoms with E-state index in [-0.39, 0.29) is 17.5 Å². The molecule has 4 rings (SSSR count). The number of hydrogen-bond donors (Lipinski definition) is 1. The van der Waals surface area contributed by atoms with Gasteiger partial charge in [0.1, 0.15) is 0 Å². The normalized spacial score (nSPS) is 20.2. The molecule has 1 fully saturated rings. The highest BCUT2D eigenvalue weighted by Crippen LogP contribution is 2.43. The Bertz CT molecular complexity index is 1270. The minimum atomic E-state index is -5.01. The van der Waals surface area contributed by atoms with E-state index in [0.717, 1.165) is 11.1 Å². The van der Waals surface area contributed by atoms with E-state index in [1.807, 2.05) is 60.7 Å². The van der Waals surface area contributed by atoms with Crippen LogP contribution in [0.1, 0.15) is 47.6 Å². The number of halogens is 6. The van der Waals surface area contributed by atoms with Crippen molar-refractivity contribution in [1.82, 2.24) is 10.2 Å². The van der Waals surface area contributed by atoms with Crippen molar-refractivity contribution in [2.75, 3.05) is 20.1 Å². The van der Waals surface area contributed by atoms with E-state index in [2.05, 4.69) is 5.32 Å². The zero-order valence-corrected chi connectivity index (χ0v) is 21.8. The molecule has 2 atom stereocenters. The van der Waals surface area contributed by atoms with E-state index >= 15 is 0 Å². The third-order valence-corrected chi connectivity index (χ3v) is 7.80. The van der Waals surface area contributed by atoms with Crippen molar-refractivity contribution in [1.29, 1.82) is 0 Å². The van der Waals surface area contributed by atoms with Gasteiger partial charge in [0.15, 0.2) is 0 Å². The molecule has 0 unspecified atom stereocenters. The highest BCUT2D eigenvalue weighted by atomic mass is 19.4. The van der Waals surface area contributed by atoms with Crippen LogP contribution in [0, 0.1) is 0 Å². The molecule has 1 N–H and O–H groups in total. The second-order valence-electron chi connectivity index (χ2n) is 10.6. The van der Waals surface area contributed by atoms with Crippen LogP contribution in [-0.4, -0.2) is 36.5 Å². The van der Waals surface area contributed by atoms with Crippen LogP contribution in [0.5, 0.6) is 0 Å². The molecule has 9 heteroatoms. The average Bonchev–Trinajstić information content (AvgIpc) is 3.32. The number of alkyl halides is 6. The van der Waals surface area contributed by atoms with Gasteiger partial charge in [-0.15, -0.1) is 0 Å². The maximum absolute atomic E-state index is 14.2. The minimum absolute atomic E-state index is 0.0803. The molecule has 0 bridgehead atoms. The molecule has 3 aromatic carbocycles. The molecule has 1 aliphatic heterocycles. The molecule has 1 saturated heterocycles. The molecule has 0 saturated carbocycles. The van der Waals surface area contributed by atoms with Gasteiger partial charge in [-0.2, -0.15) is 26.3 Å². The zero-order valence-electron chi connectivity index (χ0n) is 21.8. The van der Waals surface area contributed by atoms with Crippen molar-refractivity contribution in [3.05, 3.63) is 107 Å². The number of nitrogens with zero attached hydrogens (tertiary/aromatic N) is 1. The summed E-state index contributed by atoms with van der Waals surface area (Å²) in [7, 11) is 1.59. The second-order valence-corrected chi connectivity index (χ2v) is 10.6. The summed E-state index contributed by atoms with van der Waals surface area (Å²) in [6, 6.07) is 20.5. The standard InChI is InChI=1S/C30H30F6N2O/c1-27(2,22-14-23(29(31,32)33)16-24(15-22)30(34,35)36)26(39)38(3)28(17-20-10-6-4-7-11-20)19-37-18-25(28)21-12-8-5-9-13-21/h4-16,25,37H,17-19H2,1-3H3/t25-,28+/m0/s1. The summed E-state index contributed by atoms with van der Waals surface area (Å²) in [5.41, 5.74) is -3.82. The molecule has 0 aromatic heterocycles. The molecule has 0 aliphatic carbocycles. The highest BCUT2D eigenvalue weighted by Gasteiger charge is 2.51. The molecule has 1 amide bonds. The van der Waals surface area contributed by atoms with Crippen LogP contribution in [0.15, 0.2) is 78.9 Å². The zero-order chi connectivity index (χ0) is 28.6. The molecule has 39 heavy (non-hydrogen) atoms. The quantitative estimate of drug-likeness (QED) is 0.343. The Morgan fingerprint density at radius 3 is 1.85 bits per heavy atom. The Hall–Kier alpha value is -3.33. The van der Waals surface area contributed by atoms with Crippen molar-refractivity contribution < 1.29 is 31.1 Å². The van der Waals surface area contributed by atoms with Gasteiger partial charge in [0.05, 0.1) is 22.1 Å². The Balaban J connectivity index is 1.81. The molecule has 3 nitrogen and oxygen atoms in total. The molecular formula is C30H30F6N2O. The Labute approximate surface area is 223 Å². The van der Waals surface area contributed by atoms with Crippen molar-refractivity contribution in [3.8, 4) is 0 Å². The van der Waals surface area contributed by atoms with Crippen molar-refractivity contribution in [3.63, 3.8) is 0 Å². The third-order valence-electron chi connectivity index (χ3n) is 7.80. The predicted molar refractivity (Wildman–Crippen MR) is 137 cm³/mol. The van der Waals surface area contributed by atoms with Gasteiger partial charge < -0.3 is 10.2 Å². The smallest absolute Gasteiger partial charge is 0.337 e. The first-order chi connectivity index (χ1) is 18.2. The lowest BCUT2D eigenvalue weighted by Crippen LogP contribution is -2.59. The van der Waals surface area contributed by atoms with Crippen LogP contribution >= 0.6 is 0 Å². The first kappa shape index (κ1) is 28.7. The number of amides is 1. The summed E-state index contributed by atoms with van der Waals surface area (Å²) in [5.74, 6) is -0.744. The van der Waals surface area contributed by atoms with E-state index < -0.39 is 40.3 Å². The van der Waals surface area contributed by atoms with Crippen LogP contribution in [0.25, 0.3) is 0 Å². The van der Waals surface area contributed by atoms with Crippen molar-refractivity contribution in [2.45, 2.75) is 49.5 Å². The van der Waals surface area contributed by atoms with E-state index in [4.69, 9.17) is 0 Å². The maximum atomic E-state index is 14.2. The molecule has 0 spiro atoms. The van der Waals surface area contributed by atoms with Gasteiger partial charge in [0, 0.05) is 26.1 Å². The van der Waals surface area contributed by atoms with E-state index in [1.54, 1.807) is 7.05 Å². The van der Waals surface area contributed by atoms with Gasteiger partial charge in [0.25, 0.3) is 0 Å². The monoisotopic (exact) mass is 548 g/mol. The van der Waals surface area contributed by atoms with Gasteiger partial charge in [-0.1, -0.05) is 60.7 Å². The SMILES string of the molecule is CN(C(=O)C(C)(C)c1cc(C(F)(F)F)cc(C(F)(F)F)c1)[C@]1(Cc2ccccc2)CNC[C@H]1c1ccccc1. The van der Waals surface area contributed by atoms with E-state index in [0.29, 0.717) is 31.6 Å². The van der Waals surface area contributed by atoms with Crippen LogP contribution in [0.4, 0.5) is 26.3 Å². The Morgan fingerprint density at radius 2 is 1.33 bits per heavy atom. The third kappa shape index (κ3) is 5.69. The molecule has 208 valence electrons. The number of hydrogen-bond acceptors (Lipinski definition) is 2. The fraction of sp³-hybridized carbons (Fsp3) is 0.367. The molecular weight excluding hydrogens is 518 g/mol. The largest absolute Gasteiger partial charge is 0.416 e. The predicted octanol–water partition coefficient (Wildman–Crippen LogP) is 6.83. The fourth-order valence-electron chi connectivity index (χ4n) is 5.53. The summed E-state index contributed by atoms with van der Waals surface area (Å²) in [4.78, 5) is 15.7. The number of nitrogens with one attached hydrogen (secondary N) is 1. The topological polar surface area (TPSA) is 32.3 Å². The summed E-state index contributed by atoms with van der Waals surface area (Å²) in [5, 5.41) is 3.38. The lowest BCUT2D eigenvalue weighted by atomic mass is 9.74. The fourth-order valence-corrected chi connectivity index (χ4v) is 5.53.